The van der Waals surface area contributed by atoms with E-state index in [9.17, 15) is 5.11 Å². The molecule has 148 valence electrons. The predicted octanol–water partition coefficient (Wildman–Crippen LogP) is 3.76. The first-order chi connectivity index (χ1) is 12.9. The number of nitrogens with zero attached hydrogens (tertiary/aromatic N) is 3. The zero-order valence-corrected chi connectivity index (χ0v) is 16.9. The molecule has 1 fully saturated rings. The van der Waals surface area contributed by atoms with E-state index < -0.39 is 5.60 Å². The number of benzene rings is 1. The van der Waals surface area contributed by atoms with Crippen molar-refractivity contribution < 1.29 is 5.11 Å². The van der Waals surface area contributed by atoms with Gasteiger partial charge in [0.15, 0.2) is 0 Å². The van der Waals surface area contributed by atoms with Gasteiger partial charge in [0.25, 0.3) is 0 Å². The number of anilines is 1. The number of hydrogen-bond acceptors (Lipinski definition) is 4. The van der Waals surface area contributed by atoms with E-state index in [0.29, 0.717) is 12.1 Å². The SMILES string of the molecule is C[C@H](CCCC(C)(C)O)NC1CCN(c2ccc(-n3cccn3)cc2)CC1. The molecule has 5 nitrogen and oxygen atoms in total. The van der Waals surface area contributed by atoms with Crippen molar-refractivity contribution in [3.05, 3.63) is 42.7 Å². The Kier molecular flexibility index (Phi) is 6.55. The molecule has 2 heterocycles. The quantitative estimate of drug-likeness (QED) is 0.743. The maximum absolute atomic E-state index is 9.83. The minimum Gasteiger partial charge on any atom is -0.390 e. The van der Waals surface area contributed by atoms with Crippen LogP contribution in [0.4, 0.5) is 5.69 Å². The van der Waals surface area contributed by atoms with Crippen LogP contribution in [0.15, 0.2) is 42.7 Å². The molecule has 0 radical (unpaired) electrons. The average molecular weight is 371 g/mol. The number of hydrogen-bond donors (Lipinski definition) is 2. The second-order valence-corrected chi connectivity index (χ2v) is 8.50. The number of nitrogens with one attached hydrogen (secondary N) is 1. The molecule has 27 heavy (non-hydrogen) atoms. The van der Waals surface area contributed by atoms with Crippen LogP contribution in [-0.4, -0.2) is 45.7 Å². The van der Waals surface area contributed by atoms with Crippen LogP contribution in [-0.2, 0) is 0 Å². The van der Waals surface area contributed by atoms with Gasteiger partial charge >= 0.3 is 0 Å². The van der Waals surface area contributed by atoms with Crippen LogP contribution in [0.25, 0.3) is 5.69 Å². The summed E-state index contributed by atoms with van der Waals surface area (Å²) in [5, 5.41) is 17.9. The minimum absolute atomic E-state index is 0.511. The van der Waals surface area contributed by atoms with Crippen molar-refractivity contribution >= 4 is 5.69 Å². The van der Waals surface area contributed by atoms with E-state index in [1.807, 2.05) is 30.8 Å². The first-order valence-electron chi connectivity index (χ1n) is 10.2. The third kappa shape index (κ3) is 6.08. The van der Waals surface area contributed by atoms with Crippen LogP contribution in [0.1, 0.15) is 52.9 Å². The van der Waals surface area contributed by atoms with Gasteiger partial charge in [-0.15, -0.1) is 0 Å². The molecule has 1 aliphatic heterocycles. The van der Waals surface area contributed by atoms with Crippen molar-refractivity contribution in [1.29, 1.82) is 0 Å². The lowest BCUT2D eigenvalue weighted by molar-refractivity contribution is 0.0673. The molecule has 2 aromatic rings. The van der Waals surface area contributed by atoms with E-state index in [2.05, 4.69) is 46.5 Å². The van der Waals surface area contributed by atoms with Gasteiger partial charge in [0, 0.05) is 43.3 Å². The van der Waals surface area contributed by atoms with Crippen molar-refractivity contribution in [1.82, 2.24) is 15.1 Å². The van der Waals surface area contributed by atoms with Crippen LogP contribution in [0.5, 0.6) is 0 Å². The fourth-order valence-electron chi connectivity index (χ4n) is 3.87. The summed E-state index contributed by atoms with van der Waals surface area (Å²) in [6.45, 7) is 8.24. The summed E-state index contributed by atoms with van der Waals surface area (Å²) in [6, 6.07) is 11.7. The summed E-state index contributed by atoms with van der Waals surface area (Å²) < 4.78 is 1.89. The Hall–Kier alpha value is -1.85. The van der Waals surface area contributed by atoms with Crippen LogP contribution >= 0.6 is 0 Å². The Morgan fingerprint density at radius 2 is 1.85 bits per heavy atom. The van der Waals surface area contributed by atoms with E-state index in [1.165, 1.54) is 18.5 Å². The van der Waals surface area contributed by atoms with Crippen LogP contribution in [0, 0.1) is 0 Å². The molecule has 2 N–H and O–H groups in total. The molecule has 5 heteroatoms. The average Bonchev–Trinajstić information content (AvgIpc) is 3.16. The Labute approximate surface area is 163 Å². The first kappa shape index (κ1) is 19.9. The van der Waals surface area contributed by atoms with E-state index in [0.717, 1.165) is 38.0 Å². The predicted molar refractivity (Wildman–Crippen MR) is 112 cm³/mol. The molecule has 1 aromatic heterocycles. The largest absolute Gasteiger partial charge is 0.390 e. The van der Waals surface area contributed by atoms with Gasteiger partial charge in [-0.1, -0.05) is 0 Å². The molecule has 1 saturated heterocycles. The van der Waals surface area contributed by atoms with Crippen molar-refractivity contribution in [2.24, 2.45) is 0 Å². The van der Waals surface area contributed by atoms with Crippen LogP contribution < -0.4 is 10.2 Å². The summed E-state index contributed by atoms with van der Waals surface area (Å²) in [5.41, 5.74) is 1.85. The van der Waals surface area contributed by atoms with Gasteiger partial charge in [-0.05, 0) is 83.2 Å². The Morgan fingerprint density at radius 1 is 1.19 bits per heavy atom. The normalized spacial score (nSPS) is 17.3. The van der Waals surface area contributed by atoms with E-state index >= 15 is 0 Å². The van der Waals surface area contributed by atoms with Crippen molar-refractivity contribution in [2.75, 3.05) is 18.0 Å². The molecule has 0 amide bonds. The first-order valence-corrected chi connectivity index (χ1v) is 10.2. The van der Waals surface area contributed by atoms with Crippen LogP contribution in [0.3, 0.4) is 0 Å². The smallest absolute Gasteiger partial charge is 0.0647 e. The molecule has 1 atom stereocenters. The summed E-state index contributed by atoms with van der Waals surface area (Å²) in [6.07, 6.45) is 9.18. The monoisotopic (exact) mass is 370 g/mol. The van der Waals surface area contributed by atoms with Gasteiger partial charge in [0.2, 0.25) is 0 Å². The topological polar surface area (TPSA) is 53.3 Å². The van der Waals surface area contributed by atoms with E-state index in [1.54, 1.807) is 6.20 Å². The van der Waals surface area contributed by atoms with Gasteiger partial charge in [-0.2, -0.15) is 5.10 Å². The minimum atomic E-state index is -0.544. The molecular weight excluding hydrogens is 336 g/mol. The lowest BCUT2D eigenvalue weighted by Crippen LogP contribution is -2.45. The third-order valence-electron chi connectivity index (χ3n) is 5.42. The second-order valence-electron chi connectivity index (χ2n) is 8.50. The van der Waals surface area contributed by atoms with Gasteiger partial charge in [0.05, 0.1) is 11.3 Å². The zero-order valence-electron chi connectivity index (χ0n) is 16.9. The molecule has 1 aliphatic rings. The lowest BCUT2D eigenvalue weighted by Gasteiger charge is -2.35. The fourth-order valence-corrected chi connectivity index (χ4v) is 3.87. The highest BCUT2D eigenvalue weighted by Crippen LogP contribution is 2.22. The number of aliphatic hydroxyl groups is 1. The Balaban J connectivity index is 1.42. The molecule has 0 spiro atoms. The second kappa shape index (κ2) is 8.89. The van der Waals surface area contributed by atoms with Crippen molar-refractivity contribution in [3.8, 4) is 5.69 Å². The van der Waals surface area contributed by atoms with Crippen molar-refractivity contribution in [3.63, 3.8) is 0 Å². The van der Waals surface area contributed by atoms with Crippen molar-refractivity contribution in [2.45, 2.75) is 70.6 Å². The molecule has 3 rings (SSSR count). The van der Waals surface area contributed by atoms with Gasteiger partial charge in [0.1, 0.15) is 0 Å². The summed E-state index contributed by atoms with van der Waals surface area (Å²) in [7, 11) is 0. The molecular formula is C22H34N4O. The summed E-state index contributed by atoms with van der Waals surface area (Å²) >= 11 is 0. The highest BCUT2D eigenvalue weighted by Gasteiger charge is 2.21. The van der Waals surface area contributed by atoms with Gasteiger partial charge < -0.3 is 15.3 Å². The van der Waals surface area contributed by atoms with Crippen LogP contribution in [0.2, 0.25) is 0 Å². The standard InChI is InChI=1S/C22H34N4O/c1-18(6-4-13-22(2,3)27)24-19-11-16-25(17-12-19)20-7-9-21(10-8-20)26-15-5-14-23-26/h5,7-10,14-15,18-19,24,27H,4,6,11-13,16-17H2,1-3H3/t18-/m1/s1. The highest BCUT2D eigenvalue weighted by atomic mass is 16.3. The fraction of sp³-hybridized carbons (Fsp3) is 0.591. The number of aromatic nitrogens is 2. The van der Waals surface area contributed by atoms with E-state index in [4.69, 9.17) is 0 Å². The molecule has 1 aromatic carbocycles. The molecule has 0 unspecified atom stereocenters. The maximum Gasteiger partial charge on any atom is 0.0647 e. The summed E-state index contributed by atoms with van der Waals surface area (Å²) in [4.78, 5) is 2.48. The molecule has 0 aliphatic carbocycles. The Morgan fingerprint density at radius 3 is 2.44 bits per heavy atom. The number of piperidine rings is 1. The maximum atomic E-state index is 9.83. The molecule has 0 bridgehead atoms. The summed E-state index contributed by atoms with van der Waals surface area (Å²) in [5.74, 6) is 0. The zero-order chi connectivity index (χ0) is 19.3. The third-order valence-corrected chi connectivity index (χ3v) is 5.42. The highest BCUT2D eigenvalue weighted by molar-refractivity contribution is 5.51. The van der Waals surface area contributed by atoms with E-state index in [-0.39, 0.29) is 0 Å². The molecule has 0 saturated carbocycles. The lowest BCUT2D eigenvalue weighted by atomic mass is 9.98. The number of rotatable bonds is 8. The van der Waals surface area contributed by atoms with Gasteiger partial charge in [-0.25, -0.2) is 4.68 Å². The van der Waals surface area contributed by atoms with Gasteiger partial charge in [-0.3, -0.25) is 0 Å². The Bertz CT molecular complexity index is 667.